The molecule has 0 bridgehead atoms. The molecule has 3 aromatic heterocycles. The van der Waals surface area contributed by atoms with Gasteiger partial charge in [-0.3, -0.25) is 24.0 Å². The minimum absolute atomic E-state index is 0.158. The highest BCUT2D eigenvalue weighted by atomic mass is 16.5. The predicted octanol–water partition coefficient (Wildman–Crippen LogP) is 1.18. The molecule has 0 aliphatic heterocycles. The van der Waals surface area contributed by atoms with Crippen molar-refractivity contribution in [3.63, 3.8) is 0 Å². The number of ether oxygens (including phenoxy) is 1. The number of carbonyl (C=O) groups excluding carboxylic acids is 1. The van der Waals surface area contributed by atoms with Crippen molar-refractivity contribution in [2.45, 2.75) is 20.4 Å². The second-order valence-electron chi connectivity index (χ2n) is 7.68. The zero-order chi connectivity index (χ0) is 23.9. The molecule has 0 saturated heterocycles. The normalized spacial score (nSPS) is 11.2. The van der Waals surface area contributed by atoms with Crippen LogP contribution in [0.3, 0.4) is 0 Å². The molecule has 4 aromatic rings. The quantitative estimate of drug-likeness (QED) is 0.470. The highest BCUT2D eigenvalue weighted by Crippen LogP contribution is 2.27. The molecule has 0 atom stereocenters. The number of nitrogens with one attached hydrogen (secondary N) is 1. The van der Waals surface area contributed by atoms with Crippen LogP contribution in [0.25, 0.3) is 22.4 Å². The number of rotatable bonds is 6. The van der Waals surface area contributed by atoms with Crippen LogP contribution >= 0.6 is 0 Å². The number of nitrogens with zero attached hydrogens (tertiary/aromatic N) is 6. The molecular weight excluding hydrogens is 426 g/mol. The van der Waals surface area contributed by atoms with E-state index < -0.39 is 11.2 Å². The molecule has 3 heterocycles. The minimum atomic E-state index is -0.510. The van der Waals surface area contributed by atoms with E-state index in [1.165, 1.54) is 29.6 Å². The SMILES string of the molecule is CCOc1ccc(-c2nc(NC(=O)Cn3cnc4c3c(=O)n(C)c(=O)n4C)n(C)c2C)cc1. The van der Waals surface area contributed by atoms with Crippen molar-refractivity contribution in [3.8, 4) is 17.0 Å². The van der Waals surface area contributed by atoms with Crippen molar-refractivity contribution in [3.05, 3.63) is 57.1 Å². The Morgan fingerprint density at radius 2 is 1.76 bits per heavy atom. The summed E-state index contributed by atoms with van der Waals surface area (Å²) in [6, 6.07) is 7.60. The van der Waals surface area contributed by atoms with Crippen molar-refractivity contribution in [1.82, 2.24) is 28.2 Å². The topological polar surface area (TPSA) is 118 Å². The summed E-state index contributed by atoms with van der Waals surface area (Å²) in [7, 11) is 4.73. The van der Waals surface area contributed by atoms with Crippen molar-refractivity contribution in [2.24, 2.45) is 21.1 Å². The summed E-state index contributed by atoms with van der Waals surface area (Å²) in [6.07, 6.45) is 1.38. The number of aryl methyl sites for hydroxylation is 1. The average molecular weight is 451 g/mol. The van der Waals surface area contributed by atoms with Crippen LogP contribution in [0.2, 0.25) is 0 Å². The fourth-order valence-corrected chi connectivity index (χ4v) is 3.68. The Labute approximate surface area is 188 Å². The van der Waals surface area contributed by atoms with Gasteiger partial charge in [0, 0.05) is 32.4 Å². The molecule has 33 heavy (non-hydrogen) atoms. The second-order valence-corrected chi connectivity index (χ2v) is 7.68. The first-order valence-corrected chi connectivity index (χ1v) is 10.4. The molecule has 0 fully saturated rings. The van der Waals surface area contributed by atoms with Gasteiger partial charge >= 0.3 is 5.69 Å². The van der Waals surface area contributed by atoms with Gasteiger partial charge in [0.15, 0.2) is 11.2 Å². The van der Waals surface area contributed by atoms with Gasteiger partial charge in [0.05, 0.1) is 18.6 Å². The van der Waals surface area contributed by atoms with Gasteiger partial charge in [-0.2, -0.15) is 0 Å². The molecule has 11 nitrogen and oxygen atoms in total. The van der Waals surface area contributed by atoms with Crippen LogP contribution in [0.1, 0.15) is 12.6 Å². The van der Waals surface area contributed by atoms with Crippen molar-refractivity contribution < 1.29 is 9.53 Å². The van der Waals surface area contributed by atoms with Gasteiger partial charge in [-0.1, -0.05) is 0 Å². The van der Waals surface area contributed by atoms with Crippen molar-refractivity contribution in [2.75, 3.05) is 11.9 Å². The van der Waals surface area contributed by atoms with Gasteiger partial charge in [0.1, 0.15) is 12.3 Å². The molecule has 1 N–H and O–H groups in total. The molecule has 0 unspecified atom stereocenters. The zero-order valence-corrected chi connectivity index (χ0v) is 19.1. The number of anilines is 1. The van der Waals surface area contributed by atoms with E-state index in [0.29, 0.717) is 12.6 Å². The Bertz CT molecular complexity index is 1470. The Hall–Kier alpha value is -4.15. The van der Waals surface area contributed by atoms with Gasteiger partial charge in [0.25, 0.3) is 5.56 Å². The first-order valence-electron chi connectivity index (χ1n) is 10.4. The molecule has 0 radical (unpaired) electrons. The van der Waals surface area contributed by atoms with Crippen LogP contribution in [0.15, 0.2) is 40.2 Å². The van der Waals surface area contributed by atoms with E-state index in [2.05, 4.69) is 15.3 Å². The summed E-state index contributed by atoms with van der Waals surface area (Å²) < 4.78 is 11.0. The average Bonchev–Trinajstić information content (AvgIpc) is 3.33. The lowest BCUT2D eigenvalue weighted by Crippen LogP contribution is -2.37. The lowest BCUT2D eigenvalue weighted by molar-refractivity contribution is -0.116. The summed E-state index contributed by atoms with van der Waals surface area (Å²) in [6.45, 7) is 4.28. The summed E-state index contributed by atoms with van der Waals surface area (Å²) in [5.74, 6) is 0.780. The van der Waals surface area contributed by atoms with Crippen LogP contribution in [-0.2, 0) is 32.5 Å². The molecule has 1 aromatic carbocycles. The zero-order valence-electron chi connectivity index (χ0n) is 19.1. The lowest BCUT2D eigenvalue weighted by Gasteiger charge is -2.08. The fourth-order valence-electron chi connectivity index (χ4n) is 3.68. The maximum absolute atomic E-state index is 12.8. The van der Waals surface area contributed by atoms with E-state index in [9.17, 15) is 14.4 Å². The van der Waals surface area contributed by atoms with Crippen LogP contribution in [-0.4, -0.2) is 40.8 Å². The molecule has 0 spiro atoms. The number of amides is 1. The largest absolute Gasteiger partial charge is 0.494 e. The van der Waals surface area contributed by atoms with Gasteiger partial charge in [-0.05, 0) is 38.1 Å². The third kappa shape index (κ3) is 3.81. The standard InChI is InChI=1S/C22H25N7O4/c1-6-33-15-9-7-14(8-10-15)17-13(2)26(3)21(25-17)24-16(30)11-29-12-23-19-18(29)20(31)28(5)22(32)27(19)4/h7-10,12H,6,11H2,1-5H3,(H,24,25,30). The summed E-state index contributed by atoms with van der Waals surface area (Å²) in [5.41, 5.74) is 1.94. The number of carbonyl (C=O) groups is 1. The summed E-state index contributed by atoms with van der Waals surface area (Å²) in [5, 5.41) is 2.80. The Kier molecular flexibility index (Phi) is 5.62. The second kappa shape index (κ2) is 8.41. The number of hydrogen-bond donors (Lipinski definition) is 1. The Morgan fingerprint density at radius 1 is 1.06 bits per heavy atom. The number of hydrogen-bond acceptors (Lipinski definition) is 6. The van der Waals surface area contributed by atoms with E-state index in [1.54, 1.807) is 4.57 Å². The molecule has 0 aliphatic carbocycles. The number of fused-ring (bicyclic) bond motifs is 1. The number of aromatic nitrogens is 6. The third-order valence-electron chi connectivity index (χ3n) is 5.60. The highest BCUT2D eigenvalue weighted by molar-refractivity contribution is 5.90. The Morgan fingerprint density at radius 3 is 2.42 bits per heavy atom. The van der Waals surface area contributed by atoms with Gasteiger partial charge in [-0.15, -0.1) is 0 Å². The van der Waals surface area contributed by atoms with E-state index in [4.69, 9.17) is 4.74 Å². The molecule has 1 amide bonds. The van der Waals surface area contributed by atoms with Crippen molar-refractivity contribution in [1.29, 1.82) is 0 Å². The molecule has 0 saturated carbocycles. The van der Waals surface area contributed by atoms with Crippen LogP contribution in [0.4, 0.5) is 5.95 Å². The first-order chi connectivity index (χ1) is 15.7. The highest BCUT2D eigenvalue weighted by Gasteiger charge is 2.18. The molecule has 4 rings (SSSR count). The van der Waals surface area contributed by atoms with Crippen molar-refractivity contribution >= 4 is 23.0 Å². The molecule has 11 heteroatoms. The van der Waals surface area contributed by atoms with Crippen LogP contribution < -0.4 is 21.3 Å². The van der Waals surface area contributed by atoms with Gasteiger partial charge < -0.3 is 13.9 Å². The number of benzene rings is 1. The first kappa shape index (κ1) is 22.1. The Balaban J connectivity index is 1.59. The van der Waals surface area contributed by atoms with Gasteiger partial charge in [0.2, 0.25) is 11.9 Å². The van der Waals surface area contributed by atoms with E-state index in [-0.39, 0.29) is 23.6 Å². The maximum atomic E-state index is 12.8. The summed E-state index contributed by atoms with van der Waals surface area (Å²) in [4.78, 5) is 46.2. The lowest BCUT2D eigenvalue weighted by atomic mass is 10.1. The monoisotopic (exact) mass is 451 g/mol. The minimum Gasteiger partial charge on any atom is -0.494 e. The number of imidazole rings is 2. The maximum Gasteiger partial charge on any atom is 0.332 e. The van der Waals surface area contributed by atoms with Crippen LogP contribution in [0, 0.1) is 6.92 Å². The van der Waals surface area contributed by atoms with Gasteiger partial charge in [-0.25, -0.2) is 14.8 Å². The molecule has 172 valence electrons. The third-order valence-corrected chi connectivity index (χ3v) is 5.60. The predicted molar refractivity (Wildman–Crippen MR) is 123 cm³/mol. The summed E-state index contributed by atoms with van der Waals surface area (Å²) >= 11 is 0. The fraction of sp³-hybridized carbons (Fsp3) is 0.318. The smallest absolute Gasteiger partial charge is 0.332 e. The van der Waals surface area contributed by atoms with Crippen LogP contribution in [0.5, 0.6) is 5.75 Å². The molecule has 0 aliphatic rings. The van der Waals surface area contributed by atoms with E-state index in [0.717, 1.165) is 27.3 Å². The molecular formula is C22H25N7O4. The van der Waals surface area contributed by atoms with E-state index in [1.807, 2.05) is 45.2 Å². The van der Waals surface area contributed by atoms with E-state index >= 15 is 0 Å².